The molecule has 0 aliphatic rings. The Morgan fingerprint density at radius 3 is 2.60 bits per heavy atom. The number of fused-ring (bicyclic) bond motifs is 1. The summed E-state index contributed by atoms with van der Waals surface area (Å²) in [4.78, 5) is 27.6. The van der Waals surface area contributed by atoms with Crippen molar-refractivity contribution in [2.24, 2.45) is 0 Å². The molecular weight excluding hydrogens is 532 g/mol. The van der Waals surface area contributed by atoms with E-state index in [2.05, 4.69) is 57.5 Å². The number of rotatable bonds is 6. The summed E-state index contributed by atoms with van der Waals surface area (Å²) < 4.78 is 6.33. The van der Waals surface area contributed by atoms with E-state index in [1.165, 1.54) is 23.8 Å². The standard InChI is InChI=1S/C25H21BrN4O4S/c1-3-14(2)16-6-11-22-21(12-16)28-24(34-22)15-4-7-17(8-5-15)27-25(35)29-23(31)19-13-18(30(32)33)9-10-20(19)26/h4-14H,3H2,1-2H3,(H2,27,29,31,35). The van der Waals surface area contributed by atoms with Crippen molar-refractivity contribution in [3.8, 4) is 11.5 Å². The van der Waals surface area contributed by atoms with Crippen LogP contribution in [0.25, 0.3) is 22.6 Å². The lowest BCUT2D eigenvalue weighted by atomic mass is 9.98. The van der Waals surface area contributed by atoms with Crippen molar-refractivity contribution in [2.45, 2.75) is 26.2 Å². The summed E-state index contributed by atoms with van der Waals surface area (Å²) in [6.07, 6.45) is 1.05. The Labute approximate surface area is 215 Å². The molecule has 8 nitrogen and oxygen atoms in total. The summed E-state index contributed by atoms with van der Waals surface area (Å²) in [6, 6.07) is 17.3. The van der Waals surface area contributed by atoms with Gasteiger partial charge in [-0.1, -0.05) is 19.9 Å². The maximum absolute atomic E-state index is 12.5. The predicted octanol–water partition coefficient (Wildman–Crippen LogP) is 6.81. The highest BCUT2D eigenvalue weighted by Crippen LogP contribution is 2.28. The highest BCUT2D eigenvalue weighted by molar-refractivity contribution is 9.10. The highest BCUT2D eigenvalue weighted by atomic mass is 79.9. The lowest BCUT2D eigenvalue weighted by Crippen LogP contribution is -2.34. The van der Waals surface area contributed by atoms with Crippen LogP contribution in [-0.2, 0) is 0 Å². The first-order chi connectivity index (χ1) is 16.7. The third kappa shape index (κ3) is 5.55. The van der Waals surface area contributed by atoms with Gasteiger partial charge in [-0.3, -0.25) is 20.2 Å². The molecule has 1 aromatic heterocycles. The van der Waals surface area contributed by atoms with E-state index in [-0.39, 0.29) is 16.4 Å². The van der Waals surface area contributed by atoms with Crippen LogP contribution in [0.1, 0.15) is 42.1 Å². The second-order valence-electron chi connectivity index (χ2n) is 7.96. The number of carbonyl (C=O) groups excluding carboxylic acids is 1. The number of nitrogens with zero attached hydrogens (tertiary/aromatic N) is 2. The number of thiocarbonyl (C=S) groups is 1. The fraction of sp³-hybridized carbons (Fsp3) is 0.160. The van der Waals surface area contributed by atoms with Gasteiger partial charge in [-0.05, 0) is 88.5 Å². The minimum Gasteiger partial charge on any atom is -0.436 e. The zero-order valence-corrected chi connectivity index (χ0v) is 21.3. The molecule has 0 aliphatic carbocycles. The molecule has 4 aromatic rings. The lowest BCUT2D eigenvalue weighted by molar-refractivity contribution is -0.384. The van der Waals surface area contributed by atoms with Gasteiger partial charge in [-0.2, -0.15) is 0 Å². The van der Waals surface area contributed by atoms with Crippen LogP contribution in [0.4, 0.5) is 11.4 Å². The van der Waals surface area contributed by atoms with Gasteiger partial charge in [-0.15, -0.1) is 0 Å². The molecule has 0 fully saturated rings. The Balaban J connectivity index is 1.44. The number of oxazole rings is 1. The van der Waals surface area contributed by atoms with Crippen molar-refractivity contribution in [2.75, 3.05) is 5.32 Å². The number of non-ortho nitro benzene ring substituents is 1. The summed E-state index contributed by atoms with van der Waals surface area (Å²) in [5.74, 6) is 0.393. The lowest BCUT2D eigenvalue weighted by Gasteiger charge is -2.10. The van der Waals surface area contributed by atoms with Gasteiger partial charge in [0.25, 0.3) is 11.6 Å². The van der Waals surface area contributed by atoms with Gasteiger partial charge >= 0.3 is 0 Å². The average Bonchev–Trinajstić information content (AvgIpc) is 3.27. The number of nitrogens with one attached hydrogen (secondary N) is 2. The average molecular weight is 553 g/mol. The van der Waals surface area contributed by atoms with E-state index in [4.69, 9.17) is 16.6 Å². The molecular formula is C25H21BrN4O4S. The smallest absolute Gasteiger partial charge is 0.270 e. The Morgan fingerprint density at radius 1 is 1.17 bits per heavy atom. The first-order valence-electron chi connectivity index (χ1n) is 10.8. The van der Waals surface area contributed by atoms with Crippen LogP contribution in [0.15, 0.2) is 69.6 Å². The first kappa shape index (κ1) is 24.5. The van der Waals surface area contributed by atoms with Crippen molar-refractivity contribution in [1.82, 2.24) is 10.3 Å². The number of carbonyl (C=O) groups is 1. The van der Waals surface area contributed by atoms with Gasteiger partial charge in [0.05, 0.1) is 10.5 Å². The van der Waals surface area contributed by atoms with Crippen molar-refractivity contribution in [3.05, 3.63) is 86.4 Å². The van der Waals surface area contributed by atoms with E-state index >= 15 is 0 Å². The normalized spacial score (nSPS) is 11.7. The SMILES string of the molecule is CCC(C)c1ccc2oc(-c3ccc(NC(=S)NC(=O)c4cc([N+](=O)[O-])ccc4Br)cc3)nc2c1. The van der Waals surface area contributed by atoms with Gasteiger partial charge < -0.3 is 9.73 Å². The third-order valence-corrected chi connectivity index (χ3v) is 6.51. The van der Waals surface area contributed by atoms with Crippen LogP contribution in [-0.4, -0.2) is 20.9 Å². The second kappa shape index (κ2) is 10.3. The number of hydrogen-bond acceptors (Lipinski definition) is 6. The van der Waals surface area contributed by atoms with Crippen LogP contribution < -0.4 is 10.6 Å². The van der Waals surface area contributed by atoms with E-state index < -0.39 is 10.8 Å². The number of halogens is 1. The number of amides is 1. The molecule has 0 spiro atoms. The van der Waals surface area contributed by atoms with Crippen LogP contribution >= 0.6 is 28.1 Å². The van der Waals surface area contributed by atoms with Gasteiger partial charge in [0.1, 0.15) is 5.52 Å². The van der Waals surface area contributed by atoms with Crippen LogP contribution in [0, 0.1) is 10.1 Å². The maximum Gasteiger partial charge on any atom is 0.270 e. The zero-order chi connectivity index (χ0) is 25.1. The van der Waals surface area contributed by atoms with E-state index in [0.717, 1.165) is 23.1 Å². The number of nitro groups is 1. The predicted molar refractivity (Wildman–Crippen MR) is 143 cm³/mol. The molecule has 2 N–H and O–H groups in total. The summed E-state index contributed by atoms with van der Waals surface area (Å²) in [5, 5.41) is 16.5. The molecule has 1 atom stereocenters. The van der Waals surface area contributed by atoms with Gasteiger partial charge in [0.2, 0.25) is 5.89 Å². The minimum absolute atomic E-state index is 0.0561. The molecule has 1 heterocycles. The van der Waals surface area contributed by atoms with E-state index in [1.54, 1.807) is 12.1 Å². The Bertz CT molecular complexity index is 1440. The van der Waals surface area contributed by atoms with Crippen molar-refractivity contribution >= 4 is 61.6 Å². The molecule has 0 bridgehead atoms. The molecule has 3 aromatic carbocycles. The Kier molecular flexibility index (Phi) is 7.23. The monoisotopic (exact) mass is 552 g/mol. The van der Waals surface area contributed by atoms with Crippen molar-refractivity contribution in [3.63, 3.8) is 0 Å². The third-order valence-electron chi connectivity index (χ3n) is 5.62. The molecule has 178 valence electrons. The number of aromatic nitrogens is 1. The number of hydrogen-bond donors (Lipinski definition) is 2. The molecule has 1 unspecified atom stereocenters. The molecule has 10 heteroatoms. The van der Waals surface area contributed by atoms with Crippen LogP contribution in [0.5, 0.6) is 0 Å². The van der Waals surface area contributed by atoms with Gasteiger partial charge in [-0.25, -0.2) is 4.98 Å². The summed E-state index contributed by atoms with van der Waals surface area (Å²) in [5.41, 5.74) is 4.13. The van der Waals surface area contributed by atoms with Crippen LogP contribution in [0.3, 0.4) is 0 Å². The maximum atomic E-state index is 12.5. The fourth-order valence-electron chi connectivity index (χ4n) is 3.44. The van der Waals surface area contributed by atoms with E-state index in [0.29, 0.717) is 22.0 Å². The number of anilines is 1. The van der Waals surface area contributed by atoms with Gasteiger partial charge in [0.15, 0.2) is 10.7 Å². The Morgan fingerprint density at radius 2 is 1.91 bits per heavy atom. The topological polar surface area (TPSA) is 110 Å². The molecule has 35 heavy (non-hydrogen) atoms. The summed E-state index contributed by atoms with van der Waals surface area (Å²) >= 11 is 8.46. The van der Waals surface area contributed by atoms with Crippen molar-refractivity contribution < 1.29 is 14.1 Å². The van der Waals surface area contributed by atoms with E-state index in [1.807, 2.05) is 18.2 Å². The molecule has 0 saturated carbocycles. The summed E-state index contributed by atoms with van der Waals surface area (Å²) in [7, 11) is 0. The second-order valence-corrected chi connectivity index (χ2v) is 9.22. The Hall–Kier alpha value is -3.63. The fourth-order valence-corrected chi connectivity index (χ4v) is 4.08. The quantitative estimate of drug-likeness (QED) is 0.153. The molecule has 0 radical (unpaired) electrons. The molecule has 4 rings (SSSR count). The number of benzene rings is 3. The minimum atomic E-state index is -0.571. The van der Waals surface area contributed by atoms with E-state index in [9.17, 15) is 14.9 Å². The first-order valence-corrected chi connectivity index (χ1v) is 12.0. The molecule has 1 amide bonds. The van der Waals surface area contributed by atoms with Crippen LogP contribution in [0.2, 0.25) is 0 Å². The largest absolute Gasteiger partial charge is 0.436 e. The summed E-state index contributed by atoms with van der Waals surface area (Å²) in [6.45, 7) is 4.34. The molecule has 0 aliphatic heterocycles. The van der Waals surface area contributed by atoms with Crippen molar-refractivity contribution in [1.29, 1.82) is 0 Å². The highest BCUT2D eigenvalue weighted by Gasteiger charge is 2.17. The number of nitro benzene ring substituents is 1. The molecule has 0 saturated heterocycles. The zero-order valence-electron chi connectivity index (χ0n) is 18.9. The van der Waals surface area contributed by atoms with Gasteiger partial charge in [0, 0.05) is 27.9 Å².